The first kappa shape index (κ1) is 8.93. The molecule has 3 aromatic rings. The van der Waals surface area contributed by atoms with Crippen molar-refractivity contribution in [2.75, 3.05) is 0 Å². The fourth-order valence-electron chi connectivity index (χ4n) is 1.98. The van der Waals surface area contributed by atoms with Crippen LogP contribution in [0, 0.1) is 0 Å². The lowest BCUT2D eigenvalue weighted by Gasteiger charge is -2.03. The molecule has 3 aromatic carbocycles. The van der Waals surface area contributed by atoms with E-state index in [1.54, 1.807) is 0 Å². The van der Waals surface area contributed by atoms with Gasteiger partial charge in [0.2, 0.25) is 0 Å². The number of fused-ring (bicyclic) bond motifs is 3. The summed E-state index contributed by atoms with van der Waals surface area (Å²) in [6, 6.07) is 19.2. The van der Waals surface area contributed by atoms with Crippen LogP contribution in [0.1, 0.15) is 0 Å². The molecular weight excluding hydrogens is 248 g/mol. The first-order valence-corrected chi connectivity index (χ1v) is 5.71. The van der Waals surface area contributed by atoms with Crippen LogP contribution < -0.4 is 0 Å². The minimum absolute atomic E-state index is 1.13. The molecule has 0 nitrogen and oxygen atoms in total. The van der Waals surface area contributed by atoms with Gasteiger partial charge in [0.05, 0.1) is 0 Å². The number of halogens is 1. The summed E-state index contributed by atoms with van der Waals surface area (Å²) < 4.78 is 1.13. The van der Waals surface area contributed by atoms with E-state index in [0.717, 1.165) is 4.47 Å². The standard InChI is InChI=1S/C14H9Br/c15-12-7-8-14-11(9-12)6-5-10-3-1-2-4-13(10)14/h1-9H. The van der Waals surface area contributed by atoms with Gasteiger partial charge >= 0.3 is 0 Å². The van der Waals surface area contributed by atoms with Crippen LogP contribution in [-0.2, 0) is 0 Å². The van der Waals surface area contributed by atoms with Crippen LogP contribution in [0.4, 0.5) is 0 Å². The van der Waals surface area contributed by atoms with Crippen LogP contribution in [0.15, 0.2) is 59.1 Å². The minimum Gasteiger partial charge on any atom is -0.0616 e. The lowest BCUT2D eigenvalue weighted by atomic mass is 10.0. The zero-order valence-electron chi connectivity index (χ0n) is 8.07. The van der Waals surface area contributed by atoms with Gasteiger partial charge in [-0.3, -0.25) is 0 Å². The van der Waals surface area contributed by atoms with Gasteiger partial charge in [0.25, 0.3) is 0 Å². The van der Waals surface area contributed by atoms with Crippen LogP contribution in [-0.4, -0.2) is 0 Å². The van der Waals surface area contributed by atoms with E-state index in [0.29, 0.717) is 0 Å². The number of benzene rings is 3. The van der Waals surface area contributed by atoms with Gasteiger partial charge in [0, 0.05) is 4.47 Å². The molecule has 0 saturated heterocycles. The van der Waals surface area contributed by atoms with Gasteiger partial charge < -0.3 is 0 Å². The van der Waals surface area contributed by atoms with E-state index in [9.17, 15) is 0 Å². The molecule has 1 heteroatoms. The predicted octanol–water partition coefficient (Wildman–Crippen LogP) is 4.76. The van der Waals surface area contributed by atoms with Crippen molar-refractivity contribution in [2.45, 2.75) is 0 Å². The van der Waals surface area contributed by atoms with Crippen molar-refractivity contribution in [3.05, 3.63) is 59.1 Å². The summed E-state index contributed by atoms with van der Waals surface area (Å²) in [6.45, 7) is 0. The largest absolute Gasteiger partial charge is 0.0616 e. The highest BCUT2D eigenvalue weighted by Gasteiger charge is 1.99. The second kappa shape index (κ2) is 3.35. The smallest absolute Gasteiger partial charge is 0.0181 e. The highest BCUT2D eigenvalue weighted by Crippen LogP contribution is 2.27. The van der Waals surface area contributed by atoms with Gasteiger partial charge in [0.1, 0.15) is 0 Å². The summed E-state index contributed by atoms with van der Waals surface area (Å²) in [5, 5.41) is 5.22. The molecule has 0 fully saturated rings. The third-order valence-electron chi connectivity index (χ3n) is 2.71. The zero-order chi connectivity index (χ0) is 10.3. The second-order valence-electron chi connectivity index (χ2n) is 3.65. The number of hydrogen-bond acceptors (Lipinski definition) is 0. The number of rotatable bonds is 0. The Morgan fingerprint density at radius 1 is 0.667 bits per heavy atom. The Labute approximate surface area is 96.7 Å². The molecule has 0 bridgehead atoms. The first-order valence-electron chi connectivity index (χ1n) is 4.92. The van der Waals surface area contributed by atoms with E-state index in [1.165, 1.54) is 21.5 Å². The molecule has 0 N–H and O–H groups in total. The summed E-state index contributed by atoms with van der Waals surface area (Å²) in [7, 11) is 0. The summed E-state index contributed by atoms with van der Waals surface area (Å²) in [4.78, 5) is 0. The summed E-state index contributed by atoms with van der Waals surface area (Å²) in [5.74, 6) is 0. The molecule has 15 heavy (non-hydrogen) atoms. The molecule has 0 aliphatic heterocycles. The molecule has 3 rings (SSSR count). The minimum atomic E-state index is 1.13. The Balaban J connectivity index is 2.55. The predicted molar refractivity (Wildman–Crippen MR) is 69.2 cm³/mol. The van der Waals surface area contributed by atoms with E-state index in [2.05, 4.69) is 70.5 Å². The summed E-state index contributed by atoms with van der Waals surface area (Å²) in [5.41, 5.74) is 0. The van der Waals surface area contributed by atoms with Crippen LogP contribution in [0.3, 0.4) is 0 Å². The quantitative estimate of drug-likeness (QED) is 0.509. The van der Waals surface area contributed by atoms with Crippen molar-refractivity contribution in [1.29, 1.82) is 0 Å². The van der Waals surface area contributed by atoms with Crippen molar-refractivity contribution in [3.63, 3.8) is 0 Å². The molecule has 0 radical (unpaired) electrons. The molecule has 0 aliphatic carbocycles. The molecule has 0 atom stereocenters. The summed E-state index contributed by atoms with van der Waals surface area (Å²) in [6.07, 6.45) is 0. The highest BCUT2D eigenvalue weighted by molar-refractivity contribution is 9.10. The Hall–Kier alpha value is -1.34. The highest BCUT2D eigenvalue weighted by atomic mass is 79.9. The number of hydrogen-bond donors (Lipinski definition) is 0. The third-order valence-corrected chi connectivity index (χ3v) is 3.20. The van der Waals surface area contributed by atoms with E-state index in [1.807, 2.05) is 0 Å². The van der Waals surface area contributed by atoms with E-state index in [4.69, 9.17) is 0 Å². The molecule has 0 spiro atoms. The van der Waals surface area contributed by atoms with E-state index < -0.39 is 0 Å². The lowest BCUT2D eigenvalue weighted by Crippen LogP contribution is -1.76. The Morgan fingerprint density at radius 3 is 2.33 bits per heavy atom. The van der Waals surface area contributed by atoms with Crippen molar-refractivity contribution >= 4 is 37.5 Å². The molecule has 72 valence electrons. The Morgan fingerprint density at radius 2 is 1.40 bits per heavy atom. The Bertz CT molecular complexity index is 641. The molecule has 0 amide bonds. The molecule has 0 unspecified atom stereocenters. The maximum atomic E-state index is 3.50. The molecule has 0 aromatic heterocycles. The second-order valence-corrected chi connectivity index (χ2v) is 4.57. The monoisotopic (exact) mass is 256 g/mol. The van der Waals surface area contributed by atoms with E-state index >= 15 is 0 Å². The van der Waals surface area contributed by atoms with Crippen LogP contribution in [0.2, 0.25) is 0 Å². The van der Waals surface area contributed by atoms with Gasteiger partial charge in [-0.25, -0.2) is 0 Å². The van der Waals surface area contributed by atoms with Gasteiger partial charge in [-0.1, -0.05) is 58.4 Å². The SMILES string of the molecule is Brc1ccc2c(ccc3ccccc32)c1. The van der Waals surface area contributed by atoms with Gasteiger partial charge in [0.15, 0.2) is 0 Å². The third kappa shape index (κ3) is 1.44. The summed E-state index contributed by atoms with van der Waals surface area (Å²) >= 11 is 3.50. The van der Waals surface area contributed by atoms with Gasteiger partial charge in [-0.05, 0) is 33.7 Å². The van der Waals surface area contributed by atoms with Crippen LogP contribution >= 0.6 is 15.9 Å². The topological polar surface area (TPSA) is 0 Å². The fraction of sp³-hybridized carbons (Fsp3) is 0. The zero-order valence-corrected chi connectivity index (χ0v) is 9.66. The maximum absolute atomic E-state index is 3.50. The normalized spacial score (nSPS) is 11.0. The Kier molecular flexibility index (Phi) is 2.00. The molecule has 0 saturated carbocycles. The lowest BCUT2D eigenvalue weighted by molar-refractivity contribution is 1.72. The van der Waals surface area contributed by atoms with Crippen molar-refractivity contribution in [3.8, 4) is 0 Å². The molecule has 0 heterocycles. The van der Waals surface area contributed by atoms with Gasteiger partial charge in [-0.2, -0.15) is 0 Å². The molecular formula is C14H9Br. The van der Waals surface area contributed by atoms with Crippen molar-refractivity contribution in [1.82, 2.24) is 0 Å². The first-order chi connectivity index (χ1) is 7.34. The average Bonchev–Trinajstić information content (AvgIpc) is 2.28. The van der Waals surface area contributed by atoms with Crippen molar-refractivity contribution < 1.29 is 0 Å². The van der Waals surface area contributed by atoms with Crippen molar-refractivity contribution in [2.24, 2.45) is 0 Å². The van der Waals surface area contributed by atoms with Gasteiger partial charge in [-0.15, -0.1) is 0 Å². The average molecular weight is 257 g/mol. The van der Waals surface area contributed by atoms with Crippen LogP contribution in [0.5, 0.6) is 0 Å². The maximum Gasteiger partial charge on any atom is 0.0181 e. The molecule has 0 aliphatic rings. The van der Waals surface area contributed by atoms with E-state index in [-0.39, 0.29) is 0 Å². The fourth-order valence-corrected chi connectivity index (χ4v) is 2.36. The van der Waals surface area contributed by atoms with Crippen LogP contribution in [0.25, 0.3) is 21.5 Å².